The third kappa shape index (κ3) is 5.50. The summed E-state index contributed by atoms with van der Waals surface area (Å²) in [6.45, 7) is 2.01. The highest BCUT2D eigenvalue weighted by molar-refractivity contribution is 6.31. The summed E-state index contributed by atoms with van der Waals surface area (Å²) in [4.78, 5) is 0. The zero-order valence-electron chi connectivity index (χ0n) is 13.7. The second kappa shape index (κ2) is 8.91. The molecule has 25 heavy (non-hydrogen) atoms. The lowest BCUT2D eigenvalue weighted by Gasteiger charge is -2.10. The van der Waals surface area contributed by atoms with Crippen LogP contribution in [0.1, 0.15) is 16.7 Å². The maximum absolute atomic E-state index is 6.17. The Bertz CT molecular complexity index is 818. The van der Waals surface area contributed by atoms with Crippen LogP contribution in [0.5, 0.6) is 5.75 Å². The Kier molecular flexibility index (Phi) is 6.35. The smallest absolute Gasteiger partial charge is 0.120 e. The van der Waals surface area contributed by atoms with Crippen LogP contribution in [0, 0.1) is 0 Å². The Morgan fingerprint density at radius 2 is 1.56 bits per heavy atom. The molecule has 0 heterocycles. The van der Waals surface area contributed by atoms with Crippen molar-refractivity contribution in [2.45, 2.75) is 19.7 Å². The van der Waals surface area contributed by atoms with Crippen LogP contribution in [-0.4, -0.2) is 0 Å². The van der Waals surface area contributed by atoms with E-state index in [-0.39, 0.29) is 0 Å². The van der Waals surface area contributed by atoms with E-state index >= 15 is 0 Å². The van der Waals surface area contributed by atoms with Gasteiger partial charge in [-0.25, -0.2) is 0 Å². The first-order valence-electron chi connectivity index (χ1n) is 8.11. The Morgan fingerprint density at radius 3 is 2.36 bits per heavy atom. The molecule has 0 aliphatic rings. The fraction of sp³-hybridized carbons (Fsp3) is 0.143. The van der Waals surface area contributed by atoms with Gasteiger partial charge >= 0.3 is 0 Å². The Labute approximate surface area is 158 Å². The molecule has 0 saturated carbocycles. The van der Waals surface area contributed by atoms with E-state index in [1.165, 1.54) is 5.56 Å². The van der Waals surface area contributed by atoms with Gasteiger partial charge in [0.2, 0.25) is 0 Å². The van der Waals surface area contributed by atoms with Crippen molar-refractivity contribution >= 4 is 23.2 Å². The molecule has 1 N–H and O–H groups in total. The fourth-order valence-electron chi connectivity index (χ4n) is 2.48. The summed E-state index contributed by atoms with van der Waals surface area (Å²) in [5.41, 5.74) is 3.35. The van der Waals surface area contributed by atoms with E-state index in [9.17, 15) is 0 Å². The zero-order chi connectivity index (χ0) is 17.5. The molecular formula is C21H19Cl2NO. The Balaban J connectivity index is 1.52. The lowest BCUT2D eigenvalue weighted by molar-refractivity contribution is 0.306. The summed E-state index contributed by atoms with van der Waals surface area (Å²) in [5.74, 6) is 0.854. The molecule has 0 aliphatic heterocycles. The molecule has 0 bridgehead atoms. The number of rotatable bonds is 7. The summed E-state index contributed by atoms with van der Waals surface area (Å²) < 4.78 is 5.86. The molecule has 3 aromatic carbocycles. The quantitative estimate of drug-likeness (QED) is 0.561. The molecule has 0 radical (unpaired) electrons. The van der Waals surface area contributed by atoms with Crippen LogP contribution in [-0.2, 0) is 19.7 Å². The van der Waals surface area contributed by atoms with E-state index in [1.54, 1.807) is 0 Å². The molecule has 0 fully saturated rings. The molecular weight excluding hydrogens is 353 g/mol. The molecule has 3 aromatic rings. The molecule has 128 valence electrons. The minimum Gasteiger partial charge on any atom is -0.489 e. The van der Waals surface area contributed by atoms with Crippen molar-refractivity contribution in [1.29, 1.82) is 0 Å². The minimum absolute atomic E-state index is 0.522. The summed E-state index contributed by atoms with van der Waals surface area (Å²) in [6.07, 6.45) is 0. The predicted octanol–water partition coefficient (Wildman–Crippen LogP) is 5.86. The molecule has 0 aliphatic carbocycles. The van der Waals surface area contributed by atoms with Crippen molar-refractivity contribution in [3.05, 3.63) is 99.5 Å². The number of benzene rings is 3. The molecule has 4 heteroatoms. The number of hydrogen-bond acceptors (Lipinski definition) is 2. The standard InChI is InChI=1S/C21H19Cl2NO/c22-19-10-8-16(9-11-19)15-25-20-6-3-4-17(12-20)13-24-14-18-5-1-2-7-21(18)23/h1-12,24H,13-15H2. The molecule has 0 aromatic heterocycles. The topological polar surface area (TPSA) is 21.3 Å². The van der Waals surface area contributed by atoms with Gasteiger partial charge in [-0.15, -0.1) is 0 Å². The molecule has 2 nitrogen and oxygen atoms in total. The van der Waals surface area contributed by atoms with Crippen molar-refractivity contribution in [2.24, 2.45) is 0 Å². The normalized spacial score (nSPS) is 10.6. The van der Waals surface area contributed by atoms with Gasteiger partial charge < -0.3 is 10.1 Å². The highest BCUT2D eigenvalue weighted by atomic mass is 35.5. The molecule has 0 saturated heterocycles. The molecule has 0 atom stereocenters. The van der Waals surface area contributed by atoms with Gasteiger partial charge in [0.15, 0.2) is 0 Å². The van der Waals surface area contributed by atoms with E-state index in [0.717, 1.165) is 40.0 Å². The van der Waals surface area contributed by atoms with Crippen LogP contribution < -0.4 is 10.1 Å². The van der Waals surface area contributed by atoms with Crippen LogP contribution >= 0.6 is 23.2 Å². The average Bonchev–Trinajstić information content (AvgIpc) is 2.63. The predicted molar refractivity (Wildman–Crippen MR) is 104 cm³/mol. The van der Waals surface area contributed by atoms with Gasteiger partial charge in [-0.3, -0.25) is 0 Å². The maximum atomic E-state index is 6.17. The monoisotopic (exact) mass is 371 g/mol. The maximum Gasteiger partial charge on any atom is 0.120 e. The second-order valence-corrected chi connectivity index (χ2v) is 6.60. The van der Waals surface area contributed by atoms with E-state index < -0.39 is 0 Å². The summed E-state index contributed by atoms with van der Waals surface area (Å²) in [6, 6.07) is 23.6. The molecule has 0 unspecified atom stereocenters. The van der Waals surface area contributed by atoms with Crippen molar-refractivity contribution in [3.8, 4) is 5.75 Å². The first-order valence-corrected chi connectivity index (χ1v) is 8.86. The number of nitrogens with one attached hydrogen (secondary N) is 1. The Hall–Kier alpha value is -2.00. The van der Waals surface area contributed by atoms with Crippen LogP contribution in [0.25, 0.3) is 0 Å². The number of ether oxygens (including phenoxy) is 1. The first-order chi connectivity index (χ1) is 12.2. The van der Waals surface area contributed by atoms with E-state index in [0.29, 0.717) is 6.61 Å². The first kappa shape index (κ1) is 17.8. The van der Waals surface area contributed by atoms with Crippen LogP contribution in [0.15, 0.2) is 72.8 Å². The van der Waals surface area contributed by atoms with Gasteiger partial charge in [0.05, 0.1) is 0 Å². The van der Waals surface area contributed by atoms with Gasteiger partial charge in [0.1, 0.15) is 12.4 Å². The van der Waals surface area contributed by atoms with Gasteiger partial charge in [0.25, 0.3) is 0 Å². The Morgan fingerprint density at radius 1 is 0.760 bits per heavy atom. The van der Waals surface area contributed by atoms with Gasteiger partial charge in [-0.05, 0) is 47.0 Å². The largest absolute Gasteiger partial charge is 0.489 e. The van der Waals surface area contributed by atoms with Crippen molar-refractivity contribution in [2.75, 3.05) is 0 Å². The second-order valence-electron chi connectivity index (χ2n) is 5.76. The summed E-state index contributed by atoms with van der Waals surface area (Å²) in [7, 11) is 0. The van der Waals surface area contributed by atoms with Crippen LogP contribution in [0.2, 0.25) is 10.0 Å². The summed E-state index contributed by atoms with van der Waals surface area (Å²) in [5, 5.41) is 4.93. The fourth-order valence-corrected chi connectivity index (χ4v) is 2.80. The average molecular weight is 372 g/mol. The highest BCUT2D eigenvalue weighted by Crippen LogP contribution is 2.17. The van der Waals surface area contributed by atoms with Crippen LogP contribution in [0.3, 0.4) is 0 Å². The summed E-state index contributed by atoms with van der Waals surface area (Å²) >= 11 is 12.1. The molecule has 3 rings (SSSR count). The minimum atomic E-state index is 0.522. The van der Waals surface area contributed by atoms with Gasteiger partial charge in [-0.2, -0.15) is 0 Å². The van der Waals surface area contributed by atoms with Crippen molar-refractivity contribution in [3.63, 3.8) is 0 Å². The third-order valence-corrected chi connectivity index (χ3v) is 4.44. The van der Waals surface area contributed by atoms with E-state index in [2.05, 4.69) is 17.4 Å². The molecule has 0 spiro atoms. The van der Waals surface area contributed by atoms with E-state index in [1.807, 2.05) is 60.7 Å². The van der Waals surface area contributed by atoms with Gasteiger partial charge in [0, 0.05) is 23.1 Å². The third-order valence-electron chi connectivity index (χ3n) is 3.82. The SMILES string of the molecule is Clc1ccc(COc2cccc(CNCc3ccccc3Cl)c2)cc1. The van der Waals surface area contributed by atoms with Crippen molar-refractivity contribution in [1.82, 2.24) is 5.32 Å². The highest BCUT2D eigenvalue weighted by Gasteiger charge is 2.01. The number of halogens is 2. The number of hydrogen-bond donors (Lipinski definition) is 1. The zero-order valence-corrected chi connectivity index (χ0v) is 15.2. The lowest BCUT2D eigenvalue weighted by Crippen LogP contribution is -2.13. The lowest BCUT2D eigenvalue weighted by atomic mass is 10.2. The van der Waals surface area contributed by atoms with E-state index in [4.69, 9.17) is 27.9 Å². The van der Waals surface area contributed by atoms with Crippen LogP contribution in [0.4, 0.5) is 0 Å². The molecule has 0 amide bonds. The van der Waals surface area contributed by atoms with Crippen molar-refractivity contribution < 1.29 is 4.74 Å². The van der Waals surface area contributed by atoms with Gasteiger partial charge in [-0.1, -0.05) is 65.7 Å².